The van der Waals surface area contributed by atoms with Gasteiger partial charge in [0, 0.05) is 5.33 Å². The van der Waals surface area contributed by atoms with Crippen molar-refractivity contribution < 1.29 is 34.7 Å². The Bertz CT molecular complexity index is 1240. The molecule has 39 heavy (non-hydrogen) atoms. The van der Waals surface area contributed by atoms with E-state index in [9.17, 15) is 17.6 Å². The van der Waals surface area contributed by atoms with Gasteiger partial charge in [-0.2, -0.15) is 8.78 Å². The molecule has 0 saturated carbocycles. The van der Waals surface area contributed by atoms with Crippen LogP contribution in [0.5, 0.6) is 0 Å². The molecule has 1 N–H and O–H groups in total. The van der Waals surface area contributed by atoms with Crippen LogP contribution in [-0.4, -0.2) is 35.2 Å². The molecule has 3 aromatic carbocycles. The van der Waals surface area contributed by atoms with Crippen LogP contribution in [0.15, 0.2) is 87.5 Å². The lowest BCUT2D eigenvalue weighted by atomic mass is 10.2. The van der Waals surface area contributed by atoms with E-state index < -0.39 is 37.5 Å². The minimum atomic E-state index is -5.79. The van der Waals surface area contributed by atoms with E-state index in [4.69, 9.17) is 0 Å². The minimum absolute atomic E-state index is 0.205. The molecule has 212 valence electrons. The third kappa shape index (κ3) is 7.25. The van der Waals surface area contributed by atoms with E-state index >= 15 is 8.78 Å². The predicted octanol–water partition coefficient (Wildman–Crippen LogP) is 8.15. The van der Waals surface area contributed by atoms with Crippen molar-refractivity contribution in [1.82, 2.24) is 0 Å². The van der Waals surface area contributed by atoms with Gasteiger partial charge in [-0.05, 0) is 75.2 Å². The molecule has 0 aliphatic carbocycles. The maximum atomic E-state index is 15.3. The van der Waals surface area contributed by atoms with E-state index in [-0.39, 0.29) is 11.5 Å². The van der Waals surface area contributed by atoms with Gasteiger partial charge in [-0.15, -0.1) is 8.42 Å². The number of rotatable bonds is 13. The van der Waals surface area contributed by atoms with Crippen LogP contribution < -0.4 is 0 Å². The van der Waals surface area contributed by atoms with Gasteiger partial charge in [0.25, 0.3) is 0 Å². The number of halogens is 4. The number of alkyl halides is 3. The summed E-state index contributed by atoms with van der Waals surface area (Å²) < 4.78 is 79.7. The maximum Gasteiger partial charge on any atom is 0.514 e. The number of hydrogen-bond donors (Lipinski definition) is 0. The number of hydrogen-bond acceptors (Lipinski definition) is 4. The molecule has 0 aromatic heterocycles. The number of aryl methyl sites for hydroxylation is 2. The molecule has 0 aliphatic heterocycles. The number of carbonyl (C=O) groups is 1. The highest BCUT2D eigenvalue weighted by Gasteiger charge is 2.63. The topological polar surface area (TPSA) is 73.2 Å². The van der Waals surface area contributed by atoms with E-state index in [0.717, 1.165) is 41.4 Å². The van der Waals surface area contributed by atoms with Gasteiger partial charge in [0.1, 0.15) is 5.82 Å². The van der Waals surface area contributed by atoms with Gasteiger partial charge in [0.05, 0.1) is 31.6 Å². The fraction of sp³-hybridized carbons (Fsp3) is 0.321. The Morgan fingerprint density at radius 2 is 1.23 bits per heavy atom. The van der Waals surface area contributed by atoms with E-state index in [1.54, 1.807) is 48.5 Å². The molecule has 5 nitrogen and oxygen atoms in total. The largest absolute Gasteiger partial charge is 0.514 e. The molecule has 0 saturated heterocycles. The summed E-state index contributed by atoms with van der Waals surface area (Å²) in [6, 6.07) is 18.1. The number of esters is 1. The van der Waals surface area contributed by atoms with E-state index in [2.05, 4.69) is 24.3 Å². The van der Waals surface area contributed by atoms with E-state index in [0.29, 0.717) is 22.6 Å². The van der Waals surface area contributed by atoms with Crippen LogP contribution in [-0.2, 0) is 19.6 Å². The Labute approximate surface area is 237 Å². The Balaban J connectivity index is 2.09. The predicted molar refractivity (Wildman–Crippen MR) is 151 cm³/mol. The maximum absolute atomic E-state index is 15.3. The van der Waals surface area contributed by atoms with Crippen molar-refractivity contribution in [3.05, 3.63) is 89.7 Å². The Morgan fingerprint density at radius 3 is 1.69 bits per heavy atom. The quantitative estimate of drug-likeness (QED) is 0.0617. The lowest BCUT2D eigenvalue weighted by molar-refractivity contribution is -0.161. The fourth-order valence-corrected chi connectivity index (χ4v) is 9.39. The van der Waals surface area contributed by atoms with Gasteiger partial charge in [-0.25, -0.2) is 9.18 Å². The van der Waals surface area contributed by atoms with Gasteiger partial charge in [-0.3, -0.25) is 3.63 Å². The number of benzene rings is 3. The third-order valence-electron chi connectivity index (χ3n) is 5.91. The fourth-order valence-electron chi connectivity index (χ4n) is 3.74. The van der Waals surface area contributed by atoms with Crippen molar-refractivity contribution in [3.63, 3.8) is 0 Å². The average Bonchev–Trinajstić information content (AvgIpc) is 2.90. The molecular weight excluding hydrogens is 617 g/mol. The standard InChI is InChI=1S/C28H30BrF3O5S2/c1-21-7-13-24(14-8-21)38(25-15-9-22(2)10-16-25,26-17-11-23(30)12-18-26)37-39(34,35)28(31,32)27(33)36-20-6-4-3-5-19-29/h7-18H,3-6,19-20H2,1-2H3/p+1. The van der Waals surface area contributed by atoms with Crippen molar-refractivity contribution >= 4 is 42.3 Å². The van der Waals surface area contributed by atoms with Gasteiger partial charge < -0.3 is 4.74 Å². The normalized spacial score (nSPS) is 12.8. The van der Waals surface area contributed by atoms with E-state index in [1.165, 1.54) is 12.1 Å². The van der Waals surface area contributed by atoms with E-state index in [1.807, 2.05) is 13.8 Å². The molecule has 0 radical (unpaired) electrons. The van der Waals surface area contributed by atoms with Crippen molar-refractivity contribution in [3.8, 4) is 0 Å². The second-order valence-electron chi connectivity index (χ2n) is 8.97. The summed E-state index contributed by atoms with van der Waals surface area (Å²) >= 11 is 3.30. The summed E-state index contributed by atoms with van der Waals surface area (Å²) in [6.45, 7) is 3.31. The molecule has 0 fully saturated rings. The van der Waals surface area contributed by atoms with Gasteiger partial charge in [-0.1, -0.05) is 64.2 Å². The van der Waals surface area contributed by atoms with Crippen LogP contribution in [0.25, 0.3) is 0 Å². The summed E-state index contributed by atoms with van der Waals surface area (Å²) in [5, 5.41) is -4.14. The highest BCUT2D eigenvalue weighted by Crippen LogP contribution is 2.68. The Morgan fingerprint density at radius 1 is 0.795 bits per heavy atom. The first-order valence-corrected chi connectivity index (χ1v) is 16.4. The Kier molecular flexibility index (Phi) is 10.7. The molecule has 3 aromatic rings. The van der Waals surface area contributed by atoms with Crippen LogP contribution in [0.4, 0.5) is 13.2 Å². The van der Waals surface area contributed by atoms with Crippen molar-refractivity contribution in [2.45, 2.75) is 59.5 Å². The second-order valence-corrected chi connectivity index (χ2v) is 14.4. The van der Waals surface area contributed by atoms with Crippen LogP contribution in [0, 0.1) is 19.7 Å². The van der Waals surface area contributed by atoms with Crippen LogP contribution >= 0.6 is 26.2 Å². The Hall–Kier alpha value is -2.34. The zero-order valence-corrected chi connectivity index (χ0v) is 24.8. The summed E-state index contributed by atoms with van der Waals surface area (Å²) in [4.78, 5) is 13.2. The monoisotopic (exact) mass is 647 g/mol. The summed E-state index contributed by atoms with van der Waals surface area (Å²) in [5.74, 6) is -2.76. The van der Waals surface area contributed by atoms with Crippen molar-refractivity contribution in [2.75, 3.05) is 11.9 Å². The lowest BCUT2D eigenvalue weighted by Gasteiger charge is -2.35. The zero-order chi connectivity index (χ0) is 28.7. The van der Waals surface area contributed by atoms with Crippen molar-refractivity contribution in [2.24, 2.45) is 0 Å². The number of ether oxygens (including phenoxy) is 1. The highest BCUT2D eigenvalue weighted by atomic mass is 79.9. The summed E-state index contributed by atoms with van der Waals surface area (Å²) in [6.07, 6.45) is 2.65. The molecule has 0 spiro atoms. The molecular formula is C28H31BrF3O5S2+. The summed E-state index contributed by atoms with van der Waals surface area (Å²) in [5.41, 5.74) is 1.70. The van der Waals surface area contributed by atoms with Crippen LogP contribution in [0.1, 0.15) is 36.8 Å². The first-order valence-electron chi connectivity index (χ1n) is 12.3. The van der Waals surface area contributed by atoms with Gasteiger partial charge in [0.15, 0.2) is 0 Å². The molecule has 0 bridgehead atoms. The smallest absolute Gasteiger partial charge is 0.460 e. The SMILES string of the molecule is Cc1ccc(S([OH+]S(=O)(=O)C(F)(F)C(=O)OCCCCCCBr)(c2ccc(C)cc2)c2ccc(F)cc2)cc1. The molecule has 0 aliphatic rings. The summed E-state index contributed by atoms with van der Waals surface area (Å²) in [7, 11) is -9.10. The molecule has 0 amide bonds. The number of carbonyl (C=O) groups excluding carboxylic acids is 1. The van der Waals surface area contributed by atoms with Gasteiger partial charge >= 0.3 is 21.3 Å². The molecule has 11 heteroatoms. The van der Waals surface area contributed by atoms with Crippen LogP contribution in [0.3, 0.4) is 0 Å². The zero-order valence-electron chi connectivity index (χ0n) is 21.6. The second kappa shape index (κ2) is 13.3. The first-order chi connectivity index (χ1) is 18.4. The highest BCUT2D eigenvalue weighted by molar-refractivity contribution is 9.09. The lowest BCUT2D eigenvalue weighted by Crippen LogP contribution is -2.42. The van der Waals surface area contributed by atoms with Crippen molar-refractivity contribution in [1.29, 1.82) is 0 Å². The molecule has 3 rings (SSSR count). The third-order valence-corrected chi connectivity index (χ3v) is 11.8. The molecule has 0 heterocycles. The van der Waals surface area contributed by atoms with Gasteiger partial charge in [0.2, 0.25) is 0 Å². The molecule has 0 atom stereocenters. The molecule has 0 unspecified atom stereocenters. The number of unbranched alkanes of at least 4 members (excludes halogenated alkanes) is 3. The first kappa shape index (κ1) is 31.2. The minimum Gasteiger partial charge on any atom is -0.460 e. The van der Waals surface area contributed by atoms with Crippen LogP contribution in [0.2, 0.25) is 0 Å². The average molecular weight is 649 g/mol.